The van der Waals surface area contributed by atoms with Crippen LogP contribution in [0.1, 0.15) is 20.8 Å². The van der Waals surface area contributed by atoms with Gasteiger partial charge in [-0.1, -0.05) is 0 Å². The first-order chi connectivity index (χ1) is 9.49. The molecule has 112 valence electrons. The van der Waals surface area contributed by atoms with Crippen LogP contribution >= 0.6 is 0 Å². The predicted molar refractivity (Wildman–Crippen MR) is 75.9 cm³/mol. The molecule has 0 aromatic carbocycles. The summed E-state index contributed by atoms with van der Waals surface area (Å²) < 4.78 is 15.6. The fourth-order valence-corrected chi connectivity index (χ4v) is 1.26. The number of nitrogens with one attached hydrogen (secondary N) is 1. The van der Waals surface area contributed by atoms with Crippen molar-refractivity contribution in [2.45, 2.75) is 26.4 Å². The molecule has 1 heterocycles. The molecule has 1 aromatic heterocycles. The van der Waals surface area contributed by atoms with Crippen molar-refractivity contribution in [2.24, 2.45) is 0 Å². The minimum Gasteiger partial charge on any atom is -0.475 e. The third kappa shape index (κ3) is 5.14. The molecular formula is C14H22N2O4. The Labute approximate surface area is 119 Å². The molecule has 1 rings (SSSR count). The van der Waals surface area contributed by atoms with Crippen LogP contribution < -0.4 is 10.1 Å². The molecule has 20 heavy (non-hydrogen) atoms. The normalized spacial score (nSPS) is 11.2. The molecule has 0 saturated heterocycles. The Bertz CT molecular complexity index is 418. The van der Waals surface area contributed by atoms with Crippen molar-refractivity contribution < 1.29 is 19.0 Å². The Morgan fingerprint density at radius 2 is 2.10 bits per heavy atom. The number of hydrogen-bond acceptors (Lipinski definition) is 5. The second-order valence-corrected chi connectivity index (χ2v) is 4.60. The zero-order valence-corrected chi connectivity index (χ0v) is 12.4. The first-order valence-corrected chi connectivity index (χ1v) is 6.52. The third-order valence-electron chi connectivity index (χ3n) is 2.73. The molecule has 0 fully saturated rings. The van der Waals surface area contributed by atoms with E-state index in [1.54, 1.807) is 32.2 Å². The smallest absolute Gasteiger partial charge is 0.256 e. The Hall–Kier alpha value is -1.66. The van der Waals surface area contributed by atoms with Gasteiger partial charge in [-0.05, 0) is 26.8 Å². The zero-order valence-electron chi connectivity index (χ0n) is 12.4. The van der Waals surface area contributed by atoms with Gasteiger partial charge in [0.05, 0.1) is 18.5 Å². The average molecular weight is 282 g/mol. The van der Waals surface area contributed by atoms with Crippen LogP contribution in [0.25, 0.3) is 0 Å². The monoisotopic (exact) mass is 282 g/mol. The van der Waals surface area contributed by atoms with E-state index in [0.717, 1.165) is 0 Å². The number of rotatable bonds is 8. The maximum Gasteiger partial charge on any atom is 0.256 e. The van der Waals surface area contributed by atoms with E-state index in [1.807, 2.05) is 6.92 Å². The van der Waals surface area contributed by atoms with Gasteiger partial charge < -0.3 is 19.5 Å². The average Bonchev–Trinajstić information content (AvgIpc) is 2.45. The van der Waals surface area contributed by atoms with E-state index in [-0.39, 0.29) is 5.91 Å². The number of amides is 1. The molecule has 6 heteroatoms. The van der Waals surface area contributed by atoms with Crippen molar-refractivity contribution in [3.63, 3.8) is 0 Å². The number of nitrogens with zero attached hydrogens (tertiary/aromatic N) is 1. The van der Waals surface area contributed by atoms with Gasteiger partial charge in [-0.2, -0.15) is 0 Å². The largest absolute Gasteiger partial charge is 0.475 e. The fraction of sp³-hybridized carbons (Fsp3) is 0.571. The lowest BCUT2D eigenvalue weighted by atomic mass is 10.1. The summed E-state index contributed by atoms with van der Waals surface area (Å²) in [6.45, 7) is 6.96. The Morgan fingerprint density at radius 3 is 2.65 bits per heavy atom. The molecule has 0 radical (unpaired) electrons. The van der Waals surface area contributed by atoms with Gasteiger partial charge in [0.1, 0.15) is 12.2 Å². The zero-order chi connectivity index (χ0) is 15.0. The van der Waals surface area contributed by atoms with E-state index in [2.05, 4.69) is 10.3 Å². The highest BCUT2D eigenvalue weighted by Gasteiger charge is 2.26. The van der Waals surface area contributed by atoms with Gasteiger partial charge in [0, 0.05) is 19.8 Å². The number of carbonyl (C=O) groups is 1. The summed E-state index contributed by atoms with van der Waals surface area (Å²) in [6, 6.07) is 3.42. The van der Waals surface area contributed by atoms with Crippen molar-refractivity contribution in [3.8, 4) is 5.88 Å². The van der Waals surface area contributed by atoms with Crippen LogP contribution in [0.4, 0.5) is 5.69 Å². The Morgan fingerprint density at radius 1 is 1.35 bits per heavy atom. The summed E-state index contributed by atoms with van der Waals surface area (Å²) in [7, 11) is 1.49. The molecule has 1 amide bonds. The van der Waals surface area contributed by atoms with E-state index in [4.69, 9.17) is 14.2 Å². The SMILES string of the molecule is CCOCCOc1ccc(NC(=O)C(C)(C)OC)cn1. The van der Waals surface area contributed by atoms with E-state index in [1.165, 1.54) is 7.11 Å². The lowest BCUT2D eigenvalue weighted by molar-refractivity contribution is -0.133. The van der Waals surface area contributed by atoms with Gasteiger partial charge in [0.15, 0.2) is 0 Å². The van der Waals surface area contributed by atoms with Crippen LogP contribution in [0.2, 0.25) is 0 Å². The molecule has 1 N–H and O–H groups in total. The second kappa shape index (κ2) is 7.81. The van der Waals surface area contributed by atoms with Crippen molar-refractivity contribution in [1.82, 2.24) is 4.98 Å². The second-order valence-electron chi connectivity index (χ2n) is 4.60. The van der Waals surface area contributed by atoms with Gasteiger partial charge in [-0.25, -0.2) is 4.98 Å². The maximum atomic E-state index is 11.9. The predicted octanol–water partition coefficient (Wildman–Crippen LogP) is 1.86. The van der Waals surface area contributed by atoms with Gasteiger partial charge in [0.2, 0.25) is 5.88 Å². The Kier molecular flexibility index (Phi) is 6.41. The first kappa shape index (κ1) is 16.4. The van der Waals surface area contributed by atoms with Gasteiger partial charge in [-0.15, -0.1) is 0 Å². The molecule has 0 atom stereocenters. The van der Waals surface area contributed by atoms with Gasteiger partial charge in [-0.3, -0.25) is 4.79 Å². The quantitative estimate of drug-likeness (QED) is 0.737. The van der Waals surface area contributed by atoms with E-state index >= 15 is 0 Å². The topological polar surface area (TPSA) is 69.7 Å². The number of aromatic nitrogens is 1. The summed E-state index contributed by atoms with van der Waals surface area (Å²) in [4.78, 5) is 16.0. The molecule has 0 saturated carbocycles. The molecule has 0 bridgehead atoms. The van der Waals surface area contributed by atoms with E-state index < -0.39 is 5.60 Å². The first-order valence-electron chi connectivity index (χ1n) is 6.52. The highest BCUT2D eigenvalue weighted by molar-refractivity contribution is 5.96. The Balaban J connectivity index is 2.48. The lowest BCUT2D eigenvalue weighted by Crippen LogP contribution is -2.38. The van der Waals surface area contributed by atoms with Crippen LogP contribution in [0.3, 0.4) is 0 Å². The van der Waals surface area contributed by atoms with Crippen molar-refractivity contribution >= 4 is 11.6 Å². The highest BCUT2D eigenvalue weighted by atomic mass is 16.5. The number of methoxy groups -OCH3 is 1. The van der Waals surface area contributed by atoms with Crippen molar-refractivity contribution in [3.05, 3.63) is 18.3 Å². The highest BCUT2D eigenvalue weighted by Crippen LogP contribution is 2.15. The molecule has 0 aliphatic rings. The molecule has 1 aromatic rings. The minimum absolute atomic E-state index is 0.230. The molecule has 0 unspecified atom stereocenters. The fourth-order valence-electron chi connectivity index (χ4n) is 1.26. The van der Waals surface area contributed by atoms with Crippen molar-refractivity contribution in [2.75, 3.05) is 32.2 Å². The van der Waals surface area contributed by atoms with Crippen LogP contribution in [-0.2, 0) is 14.3 Å². The summed E-state index contributed by atoms with van der Waals surface area (Å²) in [5.41, 5.74) is -0.288. The maximum absolute atomic E-state index is 11.9. The molecule has 0 aliphatic heterocycles. The minimum atomic E-state index is -0.882. The van der Waals surface area contributed by atoms with Crippen LogP contribution in [-0.4, -0.2) is 43.4 Å². The van der Waals surface area contributed by atoms with Crippen molar-refractivity contribution in [1.29, 1.82) is 0 Å². The van der Waals surface area contributed by atoms with Crippen LogP contribution in [0, 0.1) is 0 Å². The standard InChI is InChI=1S/C14H22N2O4/c1-5-19-8-9-20-12-7-6-11(10-15-12)16-13(17)14(2,3)18-4/h6-7,10H,5,8-9H2,1-4H3,(H,16,17). The number of ether oxygens (including phenoxy) is 3. The van der Waals surface area contributed by atoms with E-state index in [9.17, 15) is 4.79 Å². The van der Waals surface area contributed by atoms with Crippen LogP contribution in [0.5, 0.6) is 5.88 Å². The molecule has 0 aliphatic carbocycles. The van der Waals surface area contributed by atoms with Crippen LogP contribution in [0.15, 0.2) is 18.3 Å². The number of pyridine rings is 1. The summed E-state index contributed by atoms with van der Waals surface area (Å²) in [5.74, 6) is 0.264. The number of hydrogen-bond donors (Lipinski definition) is 1. The molecule has 6 nitrogen and oxygen atoms in total. The lowest BCUT2D eigenvalue weighted by Gasteiger charge is -2.21. The van der Waals surface area contributed by atoms with Gasteiger partial charge >= 0.3 is 0 Å². The number of carbonyl (C=O) groups excluding carboxylic acids is 1. The summed E-state index contributed by atoms with van der Waals surface area (Å²) in [5, 5.41) is 2.73. The number of anilines is 1. The summed E-state index contributed by atoms with van der Waals surface area (Å²) in [6.07, 6.45) is 1.54. The van der Waals surface area contributed by atoms with Gasteiger partial charge in [0.25, 0.3) is 5.91 Å². The summed E-state index contributed by atoms with van der Waals surface area (Å²) >= 11 is 0. The van der Waals surface area contributed by atoms with E-state index in [0.29, 0.717) is 31.4 Å². The third-order valence-corrected chi connectivity index (χ3v) is 2.73. The molecule has 0 spiro atoms. The molecular weight excluding hydrogens is 260 g/mol.